The average Bonchev–Trinajstić information content (AvgIpc) is 4.08. The summed E-state index contributed by atoms with van der Waals surface area (Å²) >= 11 is 0. The van der Waals surface area contributed by atoms with Crippen molar-refractivity contribution in [3.05, 3.63) is 30.2 Å². The topological polar surface area (TPSA) is 211 Å². The number of allylic oxidation sites excluding steroid dienone is 1. The van der Waals surface area contributed by atoms with Crippen LogP contribution in [0.1, 0.15) is 192 Å². The molecule has 17 nitrogen and oxygen atoms in total. The maximum Gasteiger partial charge on any atom is 0.307 e. The Morgan fingerprint density at radius 2 is 1.12 bits per heavy atom. The van der Waals surface area contributed by atoms with Gasteiger partial charge in [-0.1, -0.05) is 96.6 Å². The van der Waals surface area contributed by atoms with Gasteiger partial charge in [0.05, 0.1) is 50.0 Å². The van der Waals surface area contributed by atoms with Crippen LogP contribution in [-0.4, -0.2) is 139 Å². The van der Waals surface area contributed by atoms with Crippen LogP contribution in [0.15, 0.2) is 25.3 Å². The molecule has 2 amide bonds. The van der Waals surface area contributed by atoms with Crippen LogP contribution in [0.5, 0.6) is 0 Å². The number of carbonyl (C=O) groups is 9. The Morgan fingerprint density at radius 3 is 1.52 bits per heavy atom. The number of Topliss-reactive ketones (excluding diaryl/α,β-unsaturated/α-hetero) is 3. The van der Waals surface area contributed by atoms with Crippen molar-refractivity contribution >= 4 is 53.4 Å². The van der Waals surface area contributed by atoms with Crippen molar-refractivity contribution in [1.29, 1.82) is 0 Å². The number of esters is 3. The standard InChI is InChI=1S/C34H53NO8.C27H43NO6.C4H6N/c1-8-9-16-26(37)31(42-22(2)36)23-15-13-11-10-12-14-17-41-21-24(19-28(39)43-33(3,4)5)32(40)35-20-25-29(34(25,6)7)30(35)27(38)18-23;1-26(2,3)34-22(31)14-19-17-33-12-10-8-6-7-9-11-18(16-29)13-21(30)24-23-20(27(23,4)5)15-28(24)25(19)32;1-3-4-5-2/h8,23-25,29-31H,1,9-21H2,2-7H3;16,18-20,23-24H,6-15,17H2,1-5H3;2-3H,1,4H2/q;;+1/t23-,24+,25+,29+,30-,31?;18-,19+,20+,23+,24-;/m11./s1. The van der Waals surface area contributed by atoms with Gasteiger partial charge in [0.1, 0.15) is 17.5 Å². The van der Waals surface area contributed by atoms with Gasteiger partial charge in [-0.2, -0.15) is 0 Å². The SMILES string of the molecule is C#[N+]CC=C.C=CCCC(=O)C(OC(C)=O)[C@@H]1CCCCCCCOC[C@H](CC(=O)OC(C)(C)C)C(=O)N2C[C@H]3[C@@H]([C@H]2C(=O)C1)C3(C)C.CC(C)(C)OC(=O)C[C@H]1COCCCCCCC[C@@H](C=O)CC(=O)[C@@H]2[C@@H]3[C@H](CN2C1=O)C3(C)C. The minimum Gasteiger partial charge on any atom is -0.460 e. The second kappa shape index (κ2) is 31.7. The summed E-state index contributed by atoms with van der Waals surface area (Å²) in [5.74, 6) is -3.94. The number of hydrogen-bond donors (Lipinski definition) is 0. The van der Waals surface area contributed by atoms with E-state index >= 15 is 0 Å². The van der Waals surface area contributed by atoms with E-state index in [-0.39, 0.29) is 115 Å². The second-order valence-corrected chi connectivity index (χ2v) is 27.0. The fraction of sp³-hybridized carbons (Fsp3) is 0.785. The van der Waals surface area contributed by atoms with Gasteiger partial charge in [-0.05, 0) is 114 Å². The lowest BCUT2D eigenvalue weighted by Crippen LogP contribution is -2.50. The summed E-state index contributed by atoms with van der Waals surface area (Å²) in [6.07, 6.45) is 14.5. The smallest absolute Gasteiger partial charge is 0.307 e. The molecule has 0 bridgehead atoms. The molecule has 6 fully saturated rings. The molecular formula is C65H102N3O14+. The number of hydrogen-bond acceptors (Lipinski definition) is 14. The Balaban J connectivity index is 0.000000332. The highest BCUT2D eigenvalue weighted by Gasteiger charge is 2.70. The van der Waals surface area contributed by atoms with Crippen molar-refractivity contribution in [2.45, 2.75) is 221 Å². The third kappa shape index (κ3) is 20.6. The van der Waals surface area contributed by atoms with Crippen molar-refractivity contribution in [1.82, 2.24) is 9.80 Å². The zero-order valence-corrected chi connectivity index (χ0v) is 51.8. The molecule has 0 aromatic heterocycles. The maximum absolute atomic E-state index is 14.2. The van der Waals surface area contributed by atoms with Crippen LogP contribution in [0.3, 0.4) is 0 Å². The van der Waals surface area contributed by atoms with Gasteiger partial charge in [0.2, 0.25) is 11.8 Å². The fourth-order valence-corrected chi connectivity index (χ4v) is 13.0. The minimum atomic E-state index is -1.01. The fourth-order valence-electron chi connectivity index (χ4n) is 13.0. The summed E-state index contributed by atoms with van der Waals surface area (Å²) < 4.78 is 28.4. The number of amides is 2. The van der Waals surface area contributed by atoms with Gasteiger partial charge in [0.15, 0.2) is 23.5 Å². The number of rotatable bonds is 12. The Kier molecular flexibility index (Phi) is 26.8. The summed E-state index contributed by atoms with van der Waals surface area (Å²) in [6, 6.07) is -1.19. The van der Waals surface area contributed by atoms with Gasteiger partial charge in [0.25, 0.3) is 13.1 Å². The van der Waals surface area contributed by atoms with Crippen molar-refractivity contribution in [2.24, 2.45) is 58.2 Å². The van der Waals surface area contributed by atoms with Crippen LogP contribution in [-0.2, 0) is 66.8 Å². The molecule has 460 valence electrons. The molecule has 2 saturated carbocycles. The van der Waals surface area contributed by atoms with Crippen LogP contribution in [0.25, 0.3) is 4.85 Å². The number of piperidine rings is 2. The quantitative estimate of drug-likeness (QED) is 0.0770. The monoisotopic (exact) mass is 1150 g/mol. The van der Waals surface area contributed by atoms with E-state index in [9.17, 15) is 43.2 Å². The van der Waals surface area contributed by atoms with E-state index in [4.69, 9.17) is 30.3 Å². The van der Waals surface area contributed by atoms with Crippen molar-refractivity contribution < 1.29 is 66.8 Å². The predicted octanol–water partition coefficient (Wildman–Crippen LogP) is 10.3. The molecule has 17 heteroatoms. The number of carbonyl (C=O) groups excluding carboxylic acids is 9. The lowest BCUT2D eigenvalue weighted by molar-refractivity contribution is -0.161. The number of ether oxygens (including phenoxy) is 5. The summed E-state index contributed by atoms with van der Waals surface area (Å²) in [5, 5.41) is 0. The van der Waals surface area contributed by atoms with Gasteiger partial charge in [-0.3, -0.25) is 38.4 Å². The van der Waals surface area contributed by atoms with E-state index in [2.05, 4.69) is 45.7 Å². The van der Waals surface area contributed by atoms with Crippen molar-refractivity contribution in [3.63, 3.8) is 0 Å². The molecular weight excluding hydrogens is 1050 g/mol. The van der Waals surface area contributed by atoms with E-state index in [1.807, 2.05) is 0 Å². The molecule has 6 aliphatic rings. The third-order valence-electron chi connectivity index (χ3n) is 17.4. The second-order valence-electron chi connectivity index (χ2n) is 27.0. The number of nitrogens with zero attached hydrogens (tertiary/aromatic N) is 3. The first-order chi connectivity index (χ1) is 38.5. The van der Waals surface area contributed by atoms with E-state index in [0.717, 1.165) is 70.5 Å². The lowest BCUT2D eigenvalue weighted by atomic mass is 9.84. The normalized spacial score (nSPS) is 29.3. The average molecular weight is 1150 g/mol. The highest BCUT2D eigenvalue weighted by Crippen LogP contribution is 2.66. The van der Waals surface area contributed by atoms with Gasteiger partial charge < -0.3 is 38.3 Å². The van der Waals surface area contributed by atoms with Crippen molar-refractivity contribution in [2.75, 3.05) is 46.1 Å². The Hall–Kier alpha value is -5.08. The first kappa shape index (κ1) is 69.4. The zero-order valence-electron chi connectivity index (χ0n) is 51.8. The molecule has 4 heterocycles. The van der Waals surface area contributed by atoms with Crippen LogP contribution in [0, 0.1) is 64.7 Å². The number of aldehydes is 1. The zero-order chi connectivity index (χ0) is 61.2. The van der Waals surface area contributed by atoms with E-state index in [0.29, 0.717) is 52.1 Å². The molecule has 1 unspecified atom stereocenters. The molecule has 4 aliphatic heterocycles. The van der Waals surface area contributed by atoms with Gasteiger partial charge in [-0.15, -0.1) is 6.58 Å². The third-order valence-corrected chi connectivity index (χ3v) is 17.4. The highest BCUT2D eigenvalue weighted by molar-refractivity contribution is 5.95. The van der Waals surface area contributed by atoms with E-state index < -0.39 is 65.1 Å². The first-order valence-corrected chi connectivity index (χ1v) is 30.5. The lowest BCUT2D eigenvalue weighted by Gasteiger charge is -2.34. The van der Waals surface area contributed by atoms with E-state index in [1.54, 1.807) is 63.5 Å². The number of fused-ring (bicyclic) bond motifs is 6. The molecule has 0 spiro atoms. The van der Waals surface area contributed by atoms with Crippen LogP contribution in [0.2, 0.25) is 0 Å². The van der Waals surface area contributed by atoms with Gasteiger partial charge in [0, 0.05) is 64.3 Å². The molecule has 0 aromatic carbocycles. The Morgan fingerprint density at radius 1 is 0.683 bits per heavy atom. The molecule has 2 aliphatic carbocycles. The summed E-state index contributed by atoms with van der Waals surface area (Å²) in [5.41, 5.74) is -1.42. The summed E-state index contributed by atoms with van der Waals surface area (Å²) in [7, 11) is 0. The van der Waals surface area contributed by atoms with Crippen LogP contribution < -0.4 is 0 Å². The minimum absolute atomic E-state index is 0.00442. The largest absolute Gasteiger partial charge is 0.460 e. The molecule has 82 heavy (non-hydrogen) atoms. The van der Waals surface area contributed by atoms with E-state index in [1.165, 1.54) is 6.92 Å². The first-order valence-electron chi connectivity index (χ1n) is 30.5. The molecule has 0 N–H and O–H groups in total. The van der Waals surface area contributed by atoms with Crippen LogP contribution in [0.4, 0.5) is 0 Å². The molecule has 11 atom stereocenters. The summed E-state index contributed by atoms with van der Waals surface area (Å²) in [6.45, 7) is 35.1. The van der Waals surface area contributed by atoms with Gasteiger partial charge in [-0.25, -0.2) is 0 Å². The number of ketones is 3. The van der Waals surface area contributed by atoms with Gasteiger partial charge >= 0.3 is 17.9 Å². The maximum atomic E-state index is 14.2. The Labute approximate surface area is 490 Å². The summed E-state index contributed by atoms with van der Waals surface area (Å²) in [4.78, 5) is 125. The molecule has 0 aromatic rings. The van der Waals surface area contributed by atoms with Crippen LogP contribution >= 0.6 is 0 Å². The Bertz CT molecular complexity index is 2270. The molecule has 4 saturated heterocycles. The predicted molar refractivity (Wildman–Crippen MR) is 313 cm³/mol. The van der Waals surface area contributed by atoms with Crippen molar-refractivity contribution in [3.8, 4) is 6.57 Å². The molecule has 6 rings (SSSR count). The highest BCUT2D eigenvalue weighted by atomic mass is 16.6. The molecule has 0 radical (unpaired) electrons.